The predicted octanol–water partition coefficient (Wildman–Crippen LogP) is 5.24. The molecule has 0 aromatic rings. The van der Waals surface area contributed by atoms with Crippen LogP contribution in [0.2, 0.25) is 0 Å². The summed E-state index contributed by atoms with van der Waals surface area (Å²) >= 11 is 0. The number of hydrogen-bond donors (Lipinski definition) is 2. The van der Waals surface area contributed by atoms with Crippen molar-refractivity contribution >= 4 is 0 Å². The number of hydrogen-bond acceptors (Lipinski definition) is 2. The minimum absolute atomic E-state index is 0.444. The summed E-state index contributed by atoms with van der Waals surface area (Å²) < 4.78 is 0. The molecule has 2 heteroatoms. The molecule has 1 aliphatic rings. The van der Waals surface area contributed by atoms with Gasteiger partial charge in [0, 0.05) is 6.04 Å². The molecule has 3 N–H and O–H groups in total. The van der Waals surface area contributed by atoms with Crippen LogP contribution < -0.4 is 11.3 Å². The molecule has 0 heterocycles. The van der Waals surface area contributed by atoms with Crippen molar-refractivity contribution < 1.29 is 0 Å². The lowest BCUT2D eigenvalue weighted by molar-refractivity contribution is 0.480. The molecular weight excluding hydrogens is 244 g/mol. The van der Waals surface area contributed by atoms with Gasteiger partial charge in [-0.3, -0.25) is 11.3 Å². The molecule has 1 rings (SSSR count). The fraction of sp³-hybridized carbons (Fsp3) is 0.889. The van der Waals surface area contributed by atoms with Crippen molar-refractivity contribution in [2.45, 2.75) is 103 Å². The van der Waals surface area contributed by atoms with E-state index in [0.29, 0.717) is 6.04 Å². The third-order valence-electron chi connectivity index (χ3n) is 4.57. The number of hydrazine groups is 1. The van der Waals surface area contributed by atoms with Gasteiger partial charge in [-0.05, 0) is 32.1 Å². The molecule has 0 radical (unpaired) electrons. The van der Waals surface area contributed by atoms with Crippen LogP contribution >= 0.6 is 0 Å². The third-order valence-corrected chi connectivity index (χ3v) is 4.57. The first kappa shape index (κ1) is 17.7. The summed E-state index contributed by atoms with van der Waals surface area (Å²) in [6.07, 6.45) is 21.5. The van der Waals surface area contributed by atoms with Crippen LogP contribution in [-0.2, 0) is 0 Å². The van der Waals surface area contributed by atoms with Crippen LogP contribution in [0.5, 0.6) is 0 Å². The second kappa shape index (κ2) is 12.4. The number of nitrogens with one attached hydrogen (secondary N) is 1. The maximum absolute atomic E-state index is 5.72. The molecule has 118 valence electrons. The topological polar surface area (TPSA) is 38.0 Å². The van der Waals surface area contributed by atoms with Crippen molar-refractivity contribution in [1.82, 2.24) is 5.43 Å². The molecule has 1 unspecified atom stereocenters. The summed E-state index contributed by atoms with van der Waals surface area (Å²) in [7, 11) is 0. The van der Waals surface area contributed by atoms with Gasteiger partial charge in [-0.1, -0.05) is 76.4 Å². The van der Waals surface area contributed by atoms with Gasteiger partial charge in [-0.25, -0.2) is 0 Å². The minimum Gasteiger partial charge on any atom is -0.271 e. The van der Waals surface area contributed by atoms with Crippen LogP contribution in [-0.4, -0.2) is 6.04 Å². The molecule has 0 saturated carbocycles. The van der Waals surface area contributed by atoms with Gasteiger partial charge < -0.3 is 0 Å². The first-order valence-electron chi connectivity index (χ1n) is 9.03. The second-order valence-electron chi connectivity index (χ2n) is 6.36. The van der Waals surface area contributed by atoms with E-state index >= 15 is 0 Å². The summed E-state index contributed by atoms with van der Waals surface area (Å²) in [6.45, 7) is 2.28. The maximum atomic E-state index is 5.72. The van der Waals surface area contributed by atoms with Gasteiger partial charge in [-0.2, -0.15) is 0 Å². The fourth-order valence-corrected chi connectivity index (χ4v) is 3.21. The zero-order chi connectivity index (χ0) is 14.5. The Morgan fingerprint density at radius 1 is 1.00 bits per heavy atom. The number of unbranched alkanes of at least 4 members (excludes halogenated alkanes) is 8. The van der Waals surface area contributed by atoms with E-state index in [1.54, 1.807) is 5.57 Å². The molecule has 0 fully saturated rings. The molecule has 0 bridgehead atoms. The normalized spacial score (nSPS) is 17.0. The summed E-state index contributed by atoms with van der Waals surface area (Å²) in [4.78, 5) is 0. The quantitative estimate of drug-likeness (QED) is 0.222. The number of nitrogens with two attached hydrogens (primary N) is 1. The van der Waals surface area contributed by atoms with Crippen molar-refractivity contribution in [2.24, 2.45) is 5.84 Å². The molecule has 1 atom stereocenters. The molecule has 1 aliphatic carbocycles. The molecule has 2 nitrogen and oxygen atoms in total. The lowest BCUT2D eigenvalue weighted by Crippen LogP contribution is -2.37. The molecule has 0 spiro atoms. The van der Waals surface area contributed by atoms with Crippen molar-refractivity contribution in [3.63, 3.8) is 0 Å². The Bertz CT molecular complexity index is 248. The van der Waals surface area contributed by atoms with Crippen LogP contribution in [0.15, 0.2) is 11.6 Å². The van der Waals surface area contributed by atoms with E-state index in [0.717, 1.165) is 0 Å². The Morgan fingerprint density at radius 3 is 2.20 bits per heavy atom. The van der Waals surface area contributed by atoms with Gasteiger partial charge >= 0.3 is 0 Å². The average Bonchev–Trinajstić information content (AvgIpc) is 2.50. The van der Waals surface area contributed by atoms with Crippen LogP contribution in [0.1, 0.15) is 96.8 Å². The van der Waals surface area contributed by atoms with E-state index in [-0.39, 0.29) is 0 Å². The Labute approximate surface area is 126 Å². The standard InChI is InChI=1S/C18H36N2/c1-2-3-4-5-6-7-8-9-13-16-18(20-19)17-14-11-10-12-15-17/h14,18,20H,2-13,15-16,19H2,1H3. The second-order valence-corrected chi connectivity index (χ2v) is 6.36. The van der Waals surface area contributed by atoms with Crippen LogP contribution in [0.4, 0.5) is 0 Å². The van der Waals surface area contributed by atoms with Gasteiger partial charge in [0.15, 0.2) is 0 Å². The Kier molecular flexibility index (Phi) is 11.0. The summed E-state index contributed by atoms with van der Waals surface area (Å²) in [5, 5.41) is 0. The van der Waals surface area contributed by atoms with Crippen LogP contribution in [0.3, 0.4) is 0 Å². The van der Waals surface area contributed by atoms with Gasteiger partial charge in [0.25, 0.3) is 0 Å². The highest BCUT2D eigenvalue weighted by molar-refractivity contribution is 5.12. The van der Waals surface area contributed by atoms with Crippen molar-refractivity contribution in [2.75, 3.05) is 0 Å². The minimum atomic E-state index is 0.444. The van der Waals surface area contributed by atoms with E-state index < -0.39 is 0 Å². The number of rotatable bonds is 12. The van der Waals surface area contributed by atoms with E-state index in [2.05, 4.69) is 18.4 Å². The Morgan fingerprint density at radius 2 is 1.65 bits per heavy atom. The first-order valence-corrected chi connectivity index (χ1v) is 9.03. The SMILES string of the molecule is CCCCCCCCCCCC(NN)C1=CCCCC1. The molecule has 20 heavy (non-hydrogen) atoms. The summed E-state index contributed by atoms with van der Waals surface area (Å²) in [5.41, 5.74) is 4.60. The molecule has 0 amide bonds. The highest BCUT2D eigenvalue weighted by atomic mass is 15.2. The van der Waals surface area contributed by atoms with Crippen molar-refractivity contribution in [3.05, 3.63) is 11.6 Å². The number of allylic oxidation sites excluding steroid dienone is 1. The monoisotopic (exact) mass is 280 g/mol. The first-order chi connectivity index (χ1) is 9.88. The average molecular weight is 281 g/mol. The lowest BCUT2D eigenvalue weighted by atomic mass is 9.91. The maximum Gasteiger partial charge on any atom is 0.0419 e. The van der Waals surface area contributed by atoms with Gasteiger partial charge in [0.1, 0.15) is 0 Å². The van der Waals surface area contributed by atoms with E-state index in [9.17, 15) is 0 Å². The van der Waals surface area contributed by atoms with Gasteiger partial charge in [0.2, 0.25) is 0 Å². The molecule has 0 aromatic heterocycles. The zero-order valence-corrected chi connectivity index (χ0v) is 13.6. The van der Waals surface area contributed by atoms with Crippen molar-refractivity contribution in [3.8, 4) is 0 Å². The van der Waals surface area contributed by atoms with Crippen LogP contribution in [0.25, 0.3) is 0 Å². The Balaban J connectivity index is 1.97. The fourth-order valence-electron chi connectivity index (χ4n) is 3.21. The summed E-state index contributed by atoms with van der Waals surface area (Å²) in [6, 6.07) is 0.444. The molecule has 0 aliphatic heterocycles. The van der Waals surface area contributed by atoms with Crippen LogP contribution in [0, 0.1) is 0 Å². The molecule has 0 aromatic carbocycles. The van der Waals surface area contributed by atoms with E-state index in [1.807, 2.05) is 0 Å². The molecule has 0 saturated heterocycles. The van der Waals surface area contributed by atoms with E-state index in [4.69, 9.17) is 5.84 Å². The van der Waals surface area contributed by atoms with Crippen molar-refractivity contribution in [1.29, 1.82) is 0 Å². The Hall–Kier alpha value is -0.340. The molecular formula is C18H36N2. The third kappa shape index (κ3) is 8.06. The van der Waals surface area contributed by atoms with E-state index in [1.165, 1.54) is 89.9 Å². The smallest absolute Gasteiger partial charge is 0.0419 e. The van der Waals surface area contributed by atoms with Gasteiger partial charge in [0.05, 0.1) is 0 Å². The summed E-state index contributed by atoms with van der Waals surface area (Å²) in [5.74, 6) is 5.72. The lowest BCUT2D eigenvalue weighted by Gasteiger charge is -2.22. The van der Waals surface area contributed by atoms with Gasteiger partial charge in [-0.15, -0.1) is 0 Å². The largest absolute Gasteiger partial charge is 0.271 e. The predicted molar refractivity (Wildman–Crippen MR) is 89.5 cm³/mol. The highest BCUT2D eigenvalue weighted by Crippen LogP contribution is 2.23. The zero-order valence-electron chi connectivity index (χ0n) is 13.6. The highest BCUT2D eigenvalue weighted by Gasteiger charge is 2.14.